The summed E-state index contributed by atoms with van der Waals surface area (Å²) >= 11 is 1.76. The summed E-state index contributed by atoms with van der Waals surface area (Å²) in [6.45, 7) is 4.61. The fourth-order valence-corrected chi connectivity index (χ4v) is 4.90. The number of hydrogen-bond acceptors (Lipinski definition) is 7. The van der Waals surface area contributed by atoms with Gasteiger partial charge in [-0.05, 0) is 43.8 Å². The van der Waals surface area contributed by atoms with E-state index >= 15 is 0 Å². The SMILES string of the molecule is Cc1ccsc1CN(C)Cc1nc(C2CCN(S(C)(=O)=O)CC2)no1. The maximum absolute atomic E-state index is 11.6. The van der Waals surface area contributed by atoms with Crippen molar-refractivity contribution < 1.29 is 12.9 Å². The molecule has 0 aromatic carbocycles. The second kappa shape index (κ2) is 7.53. The minimum absolute atomic E-state index is 0.167. The zero-order chi connectivity index (χ0) is 18.0. The van der Waals surface area contributed by atoms with Gasteiger partial charge in [-0.2, -0.15) is 4.98 Å². The van der Waals surface area contributed by atoms with E-state index in [1.165, 1.54) is 21.0 Å². The number of aromatic nitrogens is 2. The fourth-order valence-electron chi connectivity index (χ4n) is 3.04. The first-order chi connectivity index (χ1) is 11.8. The average Bonchev–Trinajstić information content (AvgIpc) is 3.16. The Hall–Kier alpha value is -1.29. The first-order valence-corrected chi connectivity index (χ1v) is 11.0. The Balaban J connectivity index is 1.55. The van der Waals surface area contributed by atoms with E-state index in [0.29, 0.717) is 31.3 Å². The Morgan fingerprint density at radius 3 is 2.68 bits per heavy atom. The van der Waals surface area contributed by atoms with Crippen LogP contribution in [-0.4, -0.2) is 54.2 Å². The standard InChI is InChI=1S/C16H24N4O3S2/c1-12-6-9-24-14(12)10-19(2)11-15-17-16(18-23-15)13-4-7-20(8-5-13)25(3,21)22/h6,9,13H,4-5,7-8,10-11H2,1-3H3. The van der Waals surface area contributed by atoms with Gasteiger partial charge in [-0.25, -0.2) is 12.7 Å². The molecule has 0 atom stereocenters. The van der Waals surface area contributed by atoms with Crippen molar-refractivity contribution in [3.05, 3.63) is 33.6 Å². The third kappa shape index (κ3) is 4.66. The van der Waals surface area contributed by atoms with Crippen LogP contribution in [0.15, 0.2) is 16.0 Å². The van der Waals surface area contributed by atoms with Gasteiger partial charge in [0.25, 0.3) is 0 Å². The van der Waals surface area contributed by atoms with E-state index in [0.717, 1.165) is 19.4 Å². The number of sulfonamides is 1. The molecule has 1 fully saturated rings. The highest BCUT2D eigenvalue weighted by Gasteiger charge is 2.28. The van der Waals surface area contributed by atoms with Crippen LogP contribution in [0.25, 0.3) is 0 Å². The minimum Gasteiger partial charge on any atom is -0.338 e. The third-order valence-corrected chi connectivity index (χ3v) is 6.87. The molecule has 0 aliphatic carbocycles. The Kier molecular flexibility index (Phi) is 5.57. The van der Waals surface area contributed by atoms with E-state index in [1.54, 1.807) is 11.3 Å². The highest BCUT2D eigenvalue weighted by Crippen LogP contribution is 2.27. The van der Waals surface area contributed by atoms with E-state index in [2.05, 4.69) is 33.4 Å². The van der Waals surface area contributed by atoms with Crippen LogP contribution in [0.2, 0.25) is 0 Å². The fraction of sp³-hybridized carbons (Fsp3) is 0.625. The molecule has 1 aliphatic heterocycles. The average molecular weight is 385 g/mol. The van der Waals surface area contributed by atoms with Gasteiger partial charge in [0.1, 0.15) is 0 Å². The van der Waals surface area contributed by atoms with Gasteiger partial charge < -0.3 is 4.52 Å². The maximum Gasteiger partial charge on any atom is 0.240 e. The van der Waals surface area contributed by atoms with E-state index in [4.69, 9.17) is 4.52 Å². The lowest BCUT2D eigenvalue weighted by Gasteiger charge is -2.28. The molecule has 2 aromatic heterocycles. The lowest BCUT2D eigenvalue weighted by atomic mass is 9.98. The molecular weight excluding hydrogens is 360 g/mol. The van der Waals surface area contributed by atoms with Crippen LogP contribution in [0.5, 0.6) is 0 Å². The molecule has 0 radical (unpaired) electrons. The monoisotopic (exact) mass is 384 g/mol. The van der Waals surface area contributed by atoms with E-state index < -0.39 is 10.0 Å². The van der Waals surface area contributed by atoms with Crippen LogP contribution in [0, 0.1) is 6.92 Å². The van der Waals surface area contributed by atoms with Gasteiger partial charge in [0.2, 0.25) is 15.9 Å². The van der Waals surface area contributed by atoms with Crippen LogP contribution in [-0.2, 0) is 23.1 Å². The zero-order valence-electron chi connectivity index (χ0n) is 14.8. The quantitative estimate of drug-likeness (QED) is 0.760. The van der Waals surface area contributed by atoms with Gasteiger partial charge in [0.05, 0.1) is 12.8 Å². The molecule has 0 bridgehead atoms. The summed E-state index contributed by atoms with van der Waals surface area (Å²) in [6.07, 6.45) is 2.72. The second-order valence-corrected chi connectivity index (χ2v) is 9.66. The van der Waals surface area contributed by atoms with Crippen molar-refractivity contribution in [2.75, 3.05) is 26.4 Å². The number of rotatable bonds is 6. The van der Waals surface area contributed by atoms with Gasteiger partial charge in [-0.3, -0.25) is 4.90 Å². The third-order valence-electron chi connectivity index (χ3n) is 4.56. The highest BCUT2D eigenvalue weighted by molar-refractivity contribution is 7.88. The summed E-state index contributed by atoms with van der Waals surface area (Å²) < 4.78 is 30.1. The van der Waals surface area contributed by atoms with Crippen molar-refractivity contribution in [3.63, 3.8) is 0 Å². The lowest BCUT2D eigenvalue weighted by molar-refractivity contribution is 0.260. The van der Waals surface area contributed by atoms with E-state index in [1.807, 2.05) is 7.05 Å². The molecule has 7 nitrogen and oxygen atoms in total. The smallest absolute Gasteiger partial charge is 0.240 e. The largest absolute Gasteiger partial charge is 0.338 e. The number of thiophene rings is 1. The van der Waals surface area contributed by atoms with Crippen molar-refractivity contribution in [1.82, 2.24) is 19.3 Å². The number of piperidine rings is 1. The number of hydrogen-bond donors (Lipinski definition) is 0. The summed E-state index contributed by atoms with van der Waals surface area (Å²) in [7, 11) is -1.07. The molecule has 1 saturated heterocycles. The Labute approximate surface area is 152 Å². The summed E-state index contributed by atoms with van der Waals surface area (Å²) in [5, 5.41) is 6.22. The van der Waals surface area contributed by atoms with Crippen LogP contribution >= 0.6 is 11.3 Å². The van der Waals surface area contributed by atoms with Gasteiger partial charge in [-0.15, -0.1) is 11.3 Å². The Morgan fingerprint density at radius 1 is 1.36 bits per heavy atom. The van der Waals surface area contributed by atoms with Crippen molar-refractivity contribution in [2.24, 2.45) is 0 Å². The topological polar surface area (TPSA) is 79.5 Å². The summed E-state index contributed by atoms with van der Waals surface area (Å²) in [6, 6.07) is 2.13. The molecule has 0 unspecified atom stereocenters. The Morgan fingerprint density at radius 2 is 2.08 bits per heavy atom. The predicted octanol–water partition coefficient (Wildman–Crippen LogP) is 2.21. The number of nitrogens with zero attached hydrogens (tertiary/aromatic N) is 4. The molecule has 1 aliphatic rings. The molecule has 0 N–H and O–H groups in total. The normalized spacial score (nSPS) is 17.4. The van der Waals surface area contributed by atoms with Gasteiger partial charge in [-0.1, -0.05) is 5.16 Å². The van der Waals surface area contributed by atoms with Crippen molar-refractivity contribution in [1.29, 1.82) is 0 Å². The van der Waals surface area contributed by atoms with Crippen LogP contribution in [0.1, 0.15) is 40.9 Å². The van der Waals surface area contributed by atoms with Gasteiger partial charge in [0.15, 0.2) is 5.82 Å². The highest BCUT2D eigenvalue weighted by atomic mass is 32.2. The van der Waals surface area contributed by atoms with E-state index in [9.17, 15) is 8.42 Å². The summed E-state index contributed by atoms with van der Waals surface area (Å²) in [5.41, 5.74) is 1.31. The van der Waals surface area contributed by atoms with Crippen molar-refractivity contribution in [3.8, 4) is 0 Å². The molecule has 0 spiro atoms. The van der Waals surface area contributed by atoms with Gasteiger partial charge in [0, 0.05) is 30.4 Å². The lowest BCUT2D eigenvalue weighted by Crippen LogP contribution is -2.37. The molecule has 25 heavy (non-hydrogen) atoms. The molecule has 3 heterocycles. The van der Waals surface area contributed by atoms with Crippen LogP contribution in [0.4, 0.5) is 0 Å². The van der Waals surface area contributed by atoms with Crippen molar-refractivity contribution >= 4 is 21.4 Å². The maximum atomic E-state index is 11.6. The molecule has 0 saturated carbocycles. The molecule has 9 heteroatoms. The molecule has 0 amide bonds. The Bertz CT molecular complexity index is 807. The van der Waals surface area contributed by atoms with Crippen LogP contribution in [0.3, 0.4) is 0 Å². The first kappa shape index (κ1) is 18.5. The zero-order valence-corrected chi connectivity index (χ0v) is 16.4. The predicted molar refractivity (Wildman–Crippen MR) is 96.9 cm³/mol. The first-order valence-electron chi connectivity index (χ1n) is 8.32. The van der Waals surface area contributed by atoms with Crippen molar-refractivity contribution in [2.45, 2.75) is 38.8 Å². The second-order valence-electron chi connectivity index (χ2n) is 6.68. The number of aryl methyl sites for hydroxylation is 1. The van der Waals surface area contributed by atoms with Gasteiger partial charge >= 0.3 is 0 Å². The summed E-state index contributed by atoms with van der Waals surface area (Å²) in [4.78, 5) is 8.03. The van der Waals surface area contributed by atoms with Crippen LogP contribution < -0.4 is 0 Å². The molecular formula is C16H24N4O3S2. The molecule has 2 aromatic rings. The summed E-state index contributed by atoms with van der Waals surface area (Å²) in [5.74, 6) is 1.47. The minimum atomic E-state index is -3.11. The molecule has 3 rings (SSSR count). The molecule has 138 valence electrons. The van der Waals surface area contributed by atoms with E-state index in [-0.39, 0.29) is 5.92 Å².